The van der Waals surface area contributed by atoms with Crippen molar-refractivity contribution in [3.05, 3.63) is 68.8 Å². The molecule has 0 aliphatic heterocycles. The average Bonchev–Trinajstić information content (AvgIpc) is 3.35. The van der Waals surface area contributed by atoms with E-state index in [1.165, 1.54) is 35.9 Å². The van der Waals surface area contributed by atoms with Crippen LogP contribution in [0.4, 0.5) is 26.3 Å². The van der Waals surface area contributed by atoms with Gasteiger partial charge in [-0.3, -0.25) is 9.13 Å². The molecule has 3 aromatic heterocycles. The number of thiophene rings is 1. The van der Waals surface area contributed by atoms with Crippen molar-refractivity contribution in [3.8, 4) is 11.7 Å². The second kappa shape index (κ2) is 8.21. The molecule has 3 heterocycles. The molecular weight excluding hydrogens is 474 g/mol. The summed E-state index contributed by atoms with van der Waals surface area (Å²) < 4.78 is 82.8. The predicted molar refractivity (Wildman–Crippen MR) is 108 cm³/mol. The third-order valence-electron chi connectivity index (χ3n) is 4.58. The Morgan fingerprint density at radius 2 is 1.73 bits per heavy atom. The molecule has 4 aromatic rings. The number of fused-ring (bicyclic) bond motifs is 1. The molecule has 0 unspecified atom stereocenters. The molecule has 1 aromatic carbocycles. The molecule has 0 N–H and O–H groups in total. The van der Waals surface area contributed by atoms with Gasteiger partial charge in [0, 0.05) is 28.0 Å². The molecule has 33 heavy (non-hydrogen) atoms. The number of rotatable bonds is 5. The molecule has 0 aliphatic carbocycles. The molecule has 0 spiro atoms. The predicted octanol–water partition coefficient (Wildman–Crippen LogP) is 4.96. The summed E-state index contributed by atoms with van der Waals surface area (Å²) in [5.41, 5.74) is -0.702. The van der Waals surface area contributed by atoms with Gasteiger partial charge in [-0.2, -0.15) is 36.3 Å². The Labute approximate surface area is 185 Å². The van der Waals surface area contributed by atoms with E-state index in [0.29, 0.717) is 27.0 Å². The Kier molecular flexibility index (Phi) is 5.68. The summed E-state index contributed by atoms with van der Waals surface area (Å²) in [5.74, 6) is 0.281. The van der Waals surface area contributed by atoms with Crippen molar-refractivity contribution >= 4 is 22.1 Å². The number of benzene rings is 1. The Morgan fingerprint density at radius 3 is 2.36 bits per heavy atom. The summed E-state index contributed by atoms with van der Waals surface area (Å²) in [5, 5.41) is 1.19. The minimum atomic E-state index is -4.46. The van der Waals surface area contributed by atoms with E-state index < -0.39 is 29.5 Å². The lowest BCUT2D eigenvalue weighted by Crippen LogP contribution is -2.28. The first-order valence-electron chi connectivity index (χ1n) is 9.32. The first-order chi connectivity index (χ1) is 15.4. The molecule has 4 rings (SSSR count). The molecule has 0 amide bonds. The standard InChI is InChI=1S/C20H14F6N4O2S/c1-11-27-17(28-18(31)30(11)9-15-4-5-16(33-15)20(24,25)26)29-7-12-2-3-14(6-13(12)8-29)32-10-19(21,22)23/h2-8H,9-10H2,1H3. The molecule has 0 saturated carbocycles. The zero-order valence-corrected chi connectivity index (χ0v) is 17.6. The topological polar surface area (TPSA) is 61.9 Å². The Balaban J connectivity index is 1.59. The lowest BCUT2D eigenvalue weighted by molar-refractivity contribution is -0.153. The molecule has 0 aliphatic rings. The van der Waals surface area contributed by atoms with Crippen molar-refractivity contribution in [3.63, 3.8) is 0 Å². The smallest absolute Gasteiger partial charge is 0.425 e. The molecule has 13 heteroatoms. The van der Waals surface area contributed by atoms with Crippen molar-refractivity contribution in [2.45, 2.75) is 25.8 Å². The van der Waals surface area contributed by atoms with Crippen LogP contribution in [0.25, 0.3) is 16.7 Å². The van der Waals surface area contributed by atoms with Gasteiger partial charge < -0.3 is 4.74 Å². The number of hydrogen-bond donors (Lipinski definition) is 0. The molecule has 6 nitrogen and oxygen atoms in total. The van der Waals surface area contributed by atoms with Crippen LogP contribution < -0.4 is 10.4 Å². The molecule has 0 fully saturated rings. The highest BCUT2D eigenvalue weighted by Crippen LogP contribution is 2.34. The first-order valence-corrected chi connectivity index (χ1v) is 10.1. The largest absolute Gasteiger partial charge is 0.484 e. The van der Waals surface area contributed by atoms with Crippen LogP contribution in [0.5, 0.6) is 5.75 Å². The van der Waals surface area contributed by atoms with Crippen molar-refractivity contribution in [2.75, 3.05) is 6.61 Å². The number of aromatic nitrogens is 4. The van der Waals surface area contributed by atoms with Crippen LogP contribution in [-0.2, 0) is 12.7 Å². The van der Waals surface area contributed by atoms with Crippen LogP contribution >= 0.6 is 11.3 Å². The van der Waals surface area contributed by atoms with E-state index in [1.807, 2.05) is 0 Å². The van der Waals surface area contributed by atoms with Crippen LogP contribution in [0.3, 0.4) is 0 Å². The van der Waals surface area contributed by atoms with Crippen LogP contribution in [0.2, 0.25) is 0 Å². The maximum Gasteiger partial charge on any atom is 0.425 e. The average molecular weight is 488 g/mol. The SMILES string of the molecule is Cc1nc(-n2cc3ccc(OCC(F)(F)F)cc3c2)nc(=O)n1Cc1ccc(C(F)(F)F)s1. The number of halogens is 6. The maximum absolute atomic E-state index is 12.8. The second-order valence-corrected chi connectivity index (χ2v) is 8.23. The van der Waals surface area contributed by atoms with Crippen LogP contribution in [-0.4, -0.2) is 31.9 Å². The Morgan fingerprint density at radius 1 is 1.00 bits per heavy atom. The summed E-state index contributed by atoms with van der Waals surface area (Å²) in [4.78, 5) is 20.3. The number of ether oxygens (including phenoxy) is 1. The van der Waals surface area contributed by atoms with Gasteiger partial charge in [0.15, 0.2) is 6.61 Å². The van der Waals surface area contributed by atoms with Gasteiger partial charge >= 0.3 is 18.0 Å². The fourth-order valence-electron chi connectivity index (χ4n) is 3.07. The highest BCUT2D eigenvalue weighted by molar-refractivity contribution is 7.12. The van der Waals surface area contributed by atoms with E-state index in [2.05, 4.69) is 9.97 Å². The van der Waals surface area contributed by atoms with Crippen LogP contribution in [0, 0.1) is 6.92 Å². The summed E-state index contributed by atoms with van der Waals surface area (Å²) in [6.07, 6.45) is -5.80. The number of alkyl halides is 6. The fraction of sp³-hybridized carbons (Fsp3) is 0.250. The number of aryl methyl sites for hydroxylation is 1. The number of nitrogens with zero attached hydrogens (tertiary/aromatic N) is 4. The van der Waals surface area contributed by atoms with Gasteiger partial charge in [0.1, 0.15) is 16.5 Å². The lowest BCUT2D eigenvalue weighted by Gasteiger charge is -2.09. The van der Waals surface area contributed by atoms with Gasteiger partial charge in [0.25, 0.3) is 0 Å². The van der Waals surface area contributed by atoms with Crippen LogP contribution in [0.1, 0.15) is 15.6 Å². The molecule has 0 radical (unpaired) electrons. The second-order valence-electron chi connectivity index (χ2n) is 7.06. The third kappa shape index (κ3) is 5.18. The minimum absolute atomic E-state index is 0.0184. The summed E-state index contributed by atoms with van der Waals surface area (Å²) in [6, 6.07) is 6.61. The molecule has 0 atom stereocenters. The highest BCUT2D eigenvalue weighted by atomic mass is 32.1. The number of hydrogen-bond acceptors (Lipinski definition) is 5. The van der Waals surface area contributed by atoms with Gasteiger partial charge in [0.2, 0.25) is 5.95 Å². The normalized spacial score (nSPS) is 12.5. The van der Waals surface area contributed by atoms with Gasteiger partial charge in [-0.05, 0) is 37.3 Å². The quantitative estimate of drug-likeness (QED) is 0.373. The highest BCUT2D eigenvalue weighted by Gasteiger charge is 2.32. The monoisotopic (exact) mass is 488 g/mol. The maximum atomic E-state index is 12.8. The Bertz CT molecular complexity index is 1370. The molecule has 174 valence electrons. The first kappa shape index (κ1) is 22.8. The zero-order chi connectivity index (χ0) is 24.0. The summed E-state index contributed by atoms with van der Waals surface area (Å²) >= 11 is 0.535. The minimum Gasteiger partial charge on any atom is -0.484 e. The van der Waals surface area contributed by atoms with Crippen molar-refractivity contribution < 1.29 is 31.1 Å². The van der Waals surface area contributed by atoms with Gasteiger partial charge in [-0.25, -0.2) is 4.79 Å². The third-order valence-corrected chi connectivity index (χ3v) is 5.70. The fourth-order valence-corrected chi connectivity index (χ4v) is 3.94. The Hall–Kier alpha value is -3.35. The molecule has 0 bridgehead atoms. The van der Waals surface area contributed by atoms with Gasteiger partial charge in [-0.1, -0.05) is 0 Å². The van der Waals surface area contributed by atoms with E-state index in [0.717, 1.165) is 10.6 Å². The summed E-state index contributed by atoms with van der Waals surface area (Å²) in [6.45, 7) is -0.00907. The van der Waals surface area contributed by atoms with Crippen molar-refractivity contribution in [1.82, 2.24) is 19.1 Å². The molecule has 0 saturated heterocycles. The van der Waals surface area contributed by atoms with E-state index in [1.54, 1.807) is 12.3 Å². The van der Waals surface area contributed by atoms with Gasteiger partial charge in [-0.15, -0.1) is 11.3 Å². The van der Waals surface area contributed by atoms with E-state index in [-0.39, 0.29) is 24.1 Å². The van der Waals surface area contributed by atoms with Crippen LogP contribution in [0.15, 0.2) is 47.5 Å². The van der Waals surface area contributed by atoms with E-state index in [4.69, 9.17) is 4.74 Å². The zero-order valence-electron chi connectivity index (χ0n) is 16.7. The van der Waals surface area contributed by atoms with Crippen molar-refractivity contribution in [1.29, 1.82) is 0 Å². The molecular formula is C20H14F6N4O2S. The van der Waals surface area contributed by atoms with E-state index >= 15 is 0 Å². The van der Waals surface area contributed by atoms with Gasteiger partial charge in [0.05, 0.1) is 6.54 Å². The van der Waals surface area contributed by atoms with Crippen molar-refractivity contribution in [2.24, 2.45) is 0 Å². The van der Waals surface area contributed by atoms with E-state index in [9.17, 15) is 31.1 Å². The summed E-state index contributed by atoms with van der Waals surface area (Å²) in [7, 11) is 0. The lowest BCUT2D eigenvalue weighted by atomic mass is 10.2.